The van der Waals surface area contributed by atoms with Gasteiger partial charge in [0.15, 0.2) is 0 Å². The number of ether oxygens (including phenoxy) is 1. The van der Waals surface area contributed by atoms with Gasteiger partial charge in [0, 0.05) is 0 Å². The van der Waals surface area contributed by atoms with Gasteiger partial charge >= 0.3 is 0 Å². The molecule has 0 aliphatic carbocycles. The number of hydrazine groups is 1. The SMILES string of the molecule is CC(C)(C)OC/C(N)=N/NN. The van der Waals surface area contributed by atoms with E-state index in [9.17, 15) is 0 Å². The van der Waals surface area contributed by atoms with Gasteiger partial charge in [-0.05, 0) is 20.8 Å². The van der Waals surface area contributed by atoms with Gasteiger partial charge in [0.2, 0.25) is 0 Å². The molecule has 0 radical (unpaired) electrons. The number of nitrogens with one attached hydrogen (secondary N) is 1. The van der Waals surface area contributed by atoms with Gasteiger partial charge in [-0.2, -0.15) is 0 Å². The Morgan fingerprint density at radius 1 is 1.55 bits per heavy atom. The van der Waals surface area contributed by atoms with Crippen molar-refractivity contribution in [3.05, 3.63) is 0 Å². The molecule has 0 bridgehead atoms. The van der Waals surface area contributed by atoms with E-state index in [1.807, 2.05) is 20.8 Å². The smallest absolute Gasteiger partial charge is 0.147 e. The molecule has 0 atom stereocenters. The molecule has 5 nitrogen and oxygen atoms in total. The Kier molecular flexibility index (Phi) is 3.84. The molecule has 0 amide bonds. The van der Waals surface area contributed by atoms with Crippen LogP contribution in [-0.2, 0) is 4.74 Å². The van der Waals surface area contributed by atoms with Crippen molar-refractivity contribution >= 4 is 5.84 Å². The maximum atomic E-state index is 5.37. The molecule has 0 saturated heterocycles. The third-order valence-electron chi connectivity index (χ3n) is 0.861. The minimum atomic E-state index is -0.200. The van der Waals surface area contributed by atoms with Gasteiger partial charge in [-0.3, -0.25) is 0 Å². The standard InChI is InChI=1S/C6H16N4O/c1-6(2,3)11-4-5(7)9-10-8/h10H,4,8H2,1-3H3,(H2,7,9). The molecule has 5 N–H and O–H groups in total. The Morgan fingerprint density at radius 2 is 2.09 bits per heavy atom. The normalized spacial score (nSPS) is 13.3. The maximum absolute atomic E-state index is 5.37. The predicted octanol–water partition coefficient (Wildman–Crippen LogP) is -0.463. The summed E-state index contributed by atoms with van der Waals surface area (Å²) in [5.74, 6) is 5.23. The molecule has 0 unspecified atom stereocenters. The quantitative estimate of drug-likeness (QED) is 0.226. The monoisotopic (exact) mass is 160 g/mol. The second kappa shape index (κ2) is 4.15. The molecule has 0 aliphatic heterocycles. The van der Waals surface area contributed by atoms with Crippen LogP contribution < -0.4 is 17.1 Å². The molecule has 11 heavy (non-hydrogen) atoms. The Bertz CT molecular complexity index is 138. The fourth-order valence-electron chi connectivity index (χ4n) is 0.406. The third kappa shape index (κ3) is 7.08. The van der Waals surface area contributed by atoms with E-state index < -0.39 is 0 Å². The Labute approximate surface area is 66.7 Å². The lowest BCUT2D eigenvalue weighted by Crippen LogP contribution is -2.30. The summed E-state index contributed by atoms with van der Waals surface area (Å²) < 4.78 is 5.29. The van der Waals surface area contributed by atoms with Crippen LogP contribution in [0.4, 0.5) is 0 Å². The number of hydrogen-bond acceptors (Lipinski definition) is 4. The largest absolute Gasteiger partial charge is 0.384 e. The zero-order valence-electron chi connectivity index (χ0n) is 7.22. The van der Waals surface area contributed by atoms with Crippen molar-refractivity contribution in [2.75, 3.05) is 6.61 Å². The number of nitrogens with zero attached hydrogens (tertiary/aromatic N) is 1. The summed E-state index contributed by atoms with van der Waals surface area (Å²) in [6.45, 7) is 6.11. The van der Waals surface area contributed by atoms with Gasteiger partial charge in [0.25, 0.3) is 0 Å². The van der Waals surface area contributed by atoms with Crippen molar-refractivity contribution in [2.24, 2.45) is 16.7 Å². The number of hydrogen-bond donors (Lipinski definition) is 3. The lowest BCUT2D eigenvalue weighted by molar-refractivity contribution is 0.0208. The summed E-state index contributed by atoms with van der Waals surface area (Å²) in [4.78, 5) is 0. The van der Waals surface area contributed by atoms with E-state index in [2.05, 4.69) is 10.6 Å². The fourth-order valence-corrected chi connectivity index (χ4v) is 0.406. The Hall–Kier alpha value is -0.810. The molecule has 0 rings (SSSR count). The lowest BCUT2D eigenvalue weighted by atomic mass is 10.2. The number of rotatable bonds is 3. The molecule has 0 aromatic heterocycles. The average molecular weight is 160 g/mol. The molecule has 0 spiro atoms. The molecule has 0 heterocycles. The van der Waals surface area contributed by atoms with Gasteiger partial charge in [-0.1, -0.05) is 0 Å². The molecule has 66 valence electrons. The molecule has 0 fully saturated rings. The van der Waals surface area contributed by atoms with Gasteiger partial charge in [-0.25, -0.2) is 11.4 Å². The van der Waals surface area contributed by atoms with Crippen LogP contribution in [0.15, 0.2) is 5.10 Å². The zero-order valence-corrected chi connectivity index (χ0v) is 7.22. The van der Waals surface area contributed by atoms with Crippen LogP contribution in [0.25, 0.3) is 0 Å². The molecule has 5 heteroatoms. The van der Waals surface area contributed by atoms with Crippen LogP contribution in [0.2, 0.25) is 0 Å². The van der Waals surface area contributed by atoms with Crippen LogP contribution in [0, 0.1) is 0 Å². The van der Waals surface area contributed by atoms with E-state index in [0.717, 1.165) is 0 Å². The third-order valence-corrected chi connectivity index (χ3v) is 0.861. The first-order valence-electron chi connectivity index (χ1n) is 3.37. The fraction of sp³-hybridized carbons (Fsp3) is 0.833. The highest BCUT2D eigenvalue weighted by atomic mass is 16.5. The number of hydrazone groups is 1. The lowest BCUT2D eigenvalue weighted by Gasteiger charge is -2.18. The molecule has 0 aromatic carbocycles. The Balaban J connectivity index is 3.62. The first-order chi connectivity index (χ1) is 4.95. The van der Waals surface area contributed by atoms with E-state index >= 15 is 0 Å². The molecular weight excluding hydrogens is 144 g/mol. The average Bonchev–Trinajstić information content (AvgIpc) is 1.83. The van der Waals surface area contributed by atoms with Crippen molar-refractivity contribution in [2.45, 2.75) is 26.4 Å². The van der Waals surface area contributed by atoms with E-state index in [-0.39, 0.29) is 12.2 Å². The first-order valence-corrected chi connectivity index (χ1v) is 3.37. The first kappa shape index (κ1) is 10.2. The highest BCUT2D eigenvalue weighted by molar-refractivity contribution is 5.81. The number of amidine groups is 1. The van der Waals surface area contributed by atoms with Crippen molar-refractivity contribution in [3.63, 3.8) is 0 Å². The van der Waals surface area contributed by atoms with Gasteiger partial charge in [0.1, 0.15) is 12.4 Å². The van der Waals surface area contributed by atoms with Crippen molar-refractivity contribution in [3.8, 4) is 0 Å². The van der Waals surface area contributed by atoms with Crippen LogP contribution in [0.1, 0.15) is 20.8 Å². The summed E-state index contributed by atoms with van der Waals surface area (Å²) in [5.41, 5.74) is 7.26. The summed E-state index contributed by atoms with van der Waals surface area (Å²) >= 11 is 0. The predicted molar refractivity (Wildman–Crippen MR) is 44.7 cm³/mol. The summed E-state index contributed by atoms with van der Waals surface area (Å²) in [5, 5.41) is 3.52. The van der Waals surface area contributed by atoms with Crippen molar-refractivity contribution in [1.82, 2.24) is 5.53 Å². The second-order valence-electron chi connectivity index (χ2n) is 3.13. The summed E-state index contributed by atoms with van der Waals surface area (Å²) in [7, 11) is 0. The maximum Gasteiger partial charge on any atom is 0.147 e. The van der Waals surface area contributed by atoms with E-state index in [4.69, 9.17) is 16.3 Å². The van der Waals surface area contributed by atoms with Crippen molar-refractivity contribution in [1.29, 1.82) is 0 Å². The minimum absolute atomic E-state index is 0.200. The van der Waals surface area contributed by atoms with Crippen LogP contribution >= 0.6 is 0 Å². The molecular formula is C6H16N4O. The van der Waals surface area contributed by atoms with Gasteiger partial charge < -0.3 is 10.5 Å². The number of nitrogens with two attached hydrogens (primary N) is 2. The van der Waals surface area contributed by atoms with Crippen LogP contribution in [-0.4, -0.2) is 18.0 Å². The molecule has 0 aliphatic rings. The second-order valence-corrected chi connectivity index (χ2v) is 3.13. The van der Waals surface area contributed by atoms with Crippen LogP contribution in [0.5, 0.6) is 0 Å². The molecule has 0 aromatic rings. The highest BCUT2D eigenvalue weighted by Crippen LogP contribution is 2.05. The van der Waals surface area contributed by atoms with Crippen LogP contribution in [0.3, 0.4) is 0 Å². The highest BCUT2D eigenvalue weighted by Gasteiger charge is 2.10. The van der Waals surface area contributed by atoms with E-state index in [0.29, 0.717) is 5.84 Å². The van der Waals surface area contributed by atoms with Gasteiger partial charge in [-0.15, -0.1) is 5.10 Å². The Morgan fingerprint density at radius 3 is 2.45 bits per heavy atom. The summed E-state index contributed by atoms with van der Waals surface area (Å²) in [6, 6.07) is 0. The van der Waals surface area contributed by atoms with Crippen molar-refractivity contribution < 1.29 is 4.74 Å². The topological polar surface area (TPSA) is 85.7 Å². The van der Waals surface area contributed by atoms with Gasteiger partial charge in [0.05, 0.1) is 5.60 Å². The molecule has 0 saturated carbocycles. The summed E-state index contributed by atoms with van der Waals surface area (Å²) in [6.07, 6.45) is 0. The zero-order chi connectivity index (χ0) is 8.91. The van der Waals surface area contributed by atoms with E-state index in [1.165, 1.54) is 0 Å². The minimum Gasteiger partial charge on any atom is -0.384 e. The van der Waals surface area contributed by atoms with E-state index in [1.54, 1.807) is 0 Å².